The number of hydrogen-bond acceptors (Lipinski definition) is 9. The van der Waals surface area contributed by atoms with E-state index in [1.807, 2.05) is 4.90 Å². The molecule has 0 radical (unpaired) electrons. The van der Waals surface area contributed by atoms with Crippen LogP contribution in [0.2, 0.25) is 5.02 Å². The summed E-state index contributed by atoms with van der Waals surface area (Å²) in [5, 5.41) is 27.7. The zero-order chi connectivity index (χ0) is 31.0. The summed E-state index contributed by atoms with van der Waals surface area (Å²) in [6, 6.07) is 5.76. The number of carbonyl (C=O) groups excluding carboxylic acids is 1. The summed E-state index contributed by atoms with van der Waals surface area (Å²) >= 11 is 6.53. The Labute approximate surface area is 260 Å². The molecule has 1 amide bonds. The molecule has 0 spiro atoms. The summed E-state index contributed by atoms with van der Waals surface area (Å²) in [5.41, 5.74) is 3.75. The van der Waals surface area contributed by atoms with Gasteiger partial charge in [-0.05, 0) is 38.9 Å². The average molecular weight is 618 g/mol. The van der Waals surface area contributed by atoms with Gasteiger partial charge in [0.1, 0.15) is 29.1 Å². The van der Waals surface area contributed by atoms with Crippen LogP contribution in [-0.4, -0.2) is 89.4 Å². The first-order valence-electron chi connectivity index (χ1n) is 14.7. The van der Waals surface area contributed by atoms with Crippen LogP contribution >= 0.6 is 11.6 Å². The summed E-state index contributed by atoms with van der Waals surface area (Å²) in [5.74, 6) is -0.512. The molecule has 2 unspecified atom stereocenters. The van der Waals surface area contributed by atoms with Gasteiger partial charge in [0.05, 0.1) is 53.9 Å². The van der Waals surface area contributed by atoms with Gasteiger partial charge < -0.3 is 24.3 Å². The molecule has 6 rings (SSSR count). The predicted octanol–water partition coefficient (Wildman–Crippen LogP) is 3.77. The Balaban J connectivity index is 1.41. The number of piperazine rings is 1. The molecule has 1 aromatic carbocycles. The molecule has 3 aromatic rings. The average Bonchev–Trinajstić information content (AvgIpc) is 3.67. The number of amides is 1. The Hall–Kier alpha value is -4.39. The number of carbonyl (C=O) groups is 1. The zero-order valence-electron chi connectivity index (χ0n) is 24.5. The van der Waals surface area contributed by atoms with E-state index in [4.69, 9.17) is 21.3 Å². The lowest BCUT2D eigenvalue weighted by Gasteiger charge is -2.43. The minimum atomic E-state index is -0.544. The smallest absolute Gasteiger partial charge is 0.246 e. The standard InChI is InChI=1S/C31H33ClFN9O2/c1-3-27(43)42-12-11-41(16-19(42)6-8-34)29-21-7-10-40(30-23-15-36-38-25(23)13-24(33)28(30)32)17-26(21)37-31(22(29)14-35)44-18-20-5-4-9-39(20)2/h3,13,15,19-20H,1,4-7,9-12,16-18H2,2H3,(H,36,38). The Kier molecular flexibility index (Phi) is 8.30. The third-order valence-corrected chi connectivity index (χ3v) is 9.36. The van der Waals surface area contributed by atoms with Crippen LogP contribution in [0.3, 0.4) is 0 Å². The molecule has 228 valence electrons. The topological polar surface area (TPSA) is 128 Å². The van der Waals surface area contributed by atoms with Crippen LogP contribution in [0.15, 0.2) is 24.9 Å². The van der Waals surface area contributed by atoms with E-state index in [9.17, 15) is 19.7 Å². The van der Waals surface area contributed by atoms with Crippen molar-refractivity contribution < 1.29 is 13.9 Å². The highest BCUT2D eigenvalue weighted by atomic mass is 35.5. The van der Waals surface area contributed by atoms with Gasteiger partial charge in [-0.15, -0.1) is 0 Å². The lowest BCUT2D eigenvalue weighted by atomic mass is 9.96. The zero-order valence-corrected chi connectivity index (χ0v) is 25.3. The number of aromatic amines is 1. The Morgan fingerprint density at radius 2 is 2.09 bits per heavy atom. The van der Waals surface area contributed by atoms with Crippen molar-refractivity contribution in [1.82, 2.24) is 25.0 Å². The van der Waals surface area contributed by atoms with Crippen LogP contribution in [-0.2, 0) is 17.8 Å². The van der Waals surface area contributed by atoms with E-state index in [0.29, 0.717) is 73.6 Å². The van der Waals surface area contributed by atoms with E-state index in [2.05, 4.69) is 45.8 Å². The number of likely N-dealkylation sites (N-methyl/N-ethyl adjacent to an activating group) is 1. The van der Waals surface area contributed by atoms with Gasteiger partial charge in [0.15, 0.2) is 0 Å². The minimum absolute atomic E-state index is 0.0133. The van der Waals surface area contributed by atoms with Crippen molar-refractivity contribution in [2.75, 3.05) is 56.2 Å². The lowest BCUT2D eigenvalue weighted by Crippen LogP contribution is -2.55. The summed E-state index contributed by atoms with van der Waals surface area (Å²) in [4.78, 5) is 25.5. The number of hydrogen-bond donors (Lipinski definition) is 1. The molecule has 1 N–H and O–H groups in total. The van der Waals surface area contributed by atoms with Gasteiger partial charge in [0.2, 0.25) is 11.8 Å². The SMILES string of the molecule is C=CC(=O)N1CCN(c2c(C#N)c(OCC3CCCN3C)nc3c2CCN(c2c(Cl)c(F)cc4[nH]ncc24)C3)CC1CC#N. The van der Waals surface area contributed by atoms with Crippen molar-refractivity contribution in [3.63, 3.8) is 0 Å². The van der Waals surface area contributed by atoms with E-state index in [-0.39, 0.29) is 35.3 Å². The second-order valence-electron chi connectivity index (χ2n) is 11.5. The van der Waals surface area contributed by atoms with Gasteiger partial charge in [-0.3, -0.25) is 9.89 Å². The molecular weight excluding hydrogens is 585 g/mol. The van der Waals surface area contributed by atoms with Crippen LogP contribution in [0.5, 0.6) is 5.88 Å². The second-order valence-corrected chi connectivity index (χ2v) is 11.9. The van der Waals surface area contributed by atoms with Crippen LogP contribution < -0.4 is 14.5 Å². The van der Waals surface area contributed by atoms with E-state index in [0.717, 1.165) is 30.6 Å². The molecule has 5 heterocycles. The van der Waals surface area contributed by atoms with Crippen molar-refractivity contribution in [1.29, 1.82) is 10.5 Å². The fourth-order valence-electron chi connectivity index (χ4n) is 6.72. The Bertz CT molecular complexity index is 1700. The molecule has 13 heteroatoms. The number of rotatable bonds is 7. The number of anilines is 2. The maximum absolute atomic E-state index is 14.9. The fourth-order valence-corrected chi connectivity index (χ4v) is 6.99. The van der Waals surface area contributed by atoms with Gasteiger partial charge in [-0.1, -0.05) is 18.2 Å². The first-order chi connectivity index (χ1) is 21.3. The van der Waals surface area contributed by atoms with E-state index in [1.54, 1.807) is 11.1 Å². The van der Waals surface area contributed by atoms with E-state index >= 15 is 0 Å². The molecule has 2 saturated heterocycles. The molecule has 3 aliphatic rings. The minimum Gasteiger partial charge on any atom is -0.475 e. The molecule has 2 aromatic heterocycles. The summed E-state index contributed by atoms with van der Waals surface area (Å²) in [6.07, 6.45) is 5.64. The number of aromatic nitrogens is 3. The highest BCUT2D eigenvalue weighted by Crippen LogP contribution is 2.42. The molecule has 2 fully saturated rings. The molecule has 2 atom stereocenters. The van der Waals surface area contributed by atoms with Crippen molar-refractivity contribution in [3.8, 4) is 18.0 Å². The monoisotopic (exact) mass is 617 g/mol. The molecule has 0 saturated carbocycles. The number of pyridine rings is 1. The number of nitriles is 2. The summed E-state index contributed by atoms with van der Waals surface area (Å²) in [6.45, 7) is 7.03. The van der Waals surface area contributed by atoms with Crippen molar-refractivity contribution in [2.24, 2.45) is 0 Å². The normalized spacial score (nSPS) is 20.3. The maximum atomic E-state index is 14.9. The molecule has 44 heavy (non-hydrogen) atoms. The van der Waals surface area contributed by atoms with Gasteiger partial charge in [-0.2, -0.15) is 15.6 Å². The van der Waals surface area contributed by atoms with Crippen molar-refractivity contribution in [2.45, 2.75) is 44.3 Å². The first kappa shape index (κ1) is 29.7. The Morgan fingerprint density at radius 3 is 2.82 bits per heavy atom. The van der Waals surface area contributed by atoms with Crippen molar-refractivity contribution >= 4 is 39.8 Å². The fraction of sp³-hybridized carbons (Fsp3) is 0.452. The van der Waals surface area contributed by atoms with Gasteiger partial charge in [0.25, 0.3) is 0 Å². The van der Waals surface area contributed by atoms with Gasteiger partial charge in [0, 0.05) is 49.2 Å². The number of nitrogens with one attached hydrogen (secondary N) is 1. The first-order valence-corrected chi connectivity index (χ1v) is 15.1. The highest BCUT2D eigenvalue weighted by molar-refractivity contribution is 6.35. The number of benzene rings is 1. The van der Waals surface area contributed by atoms with Crippen LogP contribution in [0.1, 0.15) is 36.1 Å². The quantitative estimate of drug-likeness (QED) is 0.394. The molecular formula is C31H33ClFN9O2. The molecule has 11 nitrogen and oxygen atoms in total. The number of likely N-dealkylation sites (tertiary alicyclic amines) is 1. The van der Waals surface area contributed by atoms with Gasteiger partial charge in [-0.25, -0.2) is 9.37 Å². The molecule has 3 aliphatic heterocycles. The molecule has 0 aliphatic carbocycles. The lowest BCUT2D eigenvalue weighted by molar-refractivity contribution is -0.128. The number of halogens is 2. The number of H-pyrrole nitrogens is 1. The summed E-state index contributed by atoms with van der Waals surface area (Å²) in [7, 11) is 2.06. The largest absolute Gasteiger partial charge is 0.475 e. The number of ether oxygens (including phenoxy) is 1. The highest BCUT2D eigenvalue weighted by Gasteiger charge is 2.36. The van der Waals surface area contributed by atoms with Crippen LogP contribution in [0.4, 0.5) is 15.8 Å². The van der Waals surface area contributed by atoms with Crippen LogP contribution in [0, 0.1) is 28.5 Å². The maximum Gasteiger partial charge on any atom is 0.246 e. The summed E-state index contributed by atoms with van der Waals surface area (Å²) < 4.78 is 21.2. The number of fused-ring (bicyclic) bond motifs is 2. The van der Waals surface area contributed by atoms with E-state index < -0.39 is 5.82 Å². The predicted molar refractivity (Wildman–Crippen MR) is 164 cm³/mol. The van der Waals surface area contributed by atoms with E-state index in [1.165, 1.54) is 12.1 Å². The number of nitrogens with zero attached hydrogens (tertiary/aromatic N) is 8. The second kappa shape index (κ2) is 12.3. The third kappa shape index (κ3) is 5.29. The van der Waals surface area contributed by atoms with Crippen LogP contribution in [0.25, 0.3) is 10.9 Å². The Morgan fingerprint density at radius 1 is 1.25 bits per heavy atom. The van der Waals surface area contributed by atoms with Crippen molar-refractivity contribution in [3.05, 3.63) is 52.6 Å². The third-order valence-electron chi connectivity index (χ3n) is 9.00. The molecule has 0 bridgehead atoms. The van der Waals surface area contributed by atoms with Gasteiger partial charge >= 0.3 is 0 Å².